The van der Waals surface area contributed by atoms with Crippen LogP contribution in [-0.2, 0) is 19.7 Å². The lowest BCUT2D eigenvalue weighted by Crippen LogP contribution is -2.41. The van der Waals surface area contributed by atoms with Gasteiger partial charge in [0.05, 0.1) is 5.41 Å². The third-order valence-corrected chi connectivity index (χ3v) is 3.71. The number of alkyl halides is 3. The number of carboxylic acids is 1. The number of ether oxygens (including phenoxy) is 1. The number of amides is 1. The SMILES string of the molecule is O=C(Nc1ccc(C2(C(=O)O)CCOCC2)cc1)C(F)(F)F. The molecule has 1 aliphatic heterocycles. The van der Waals surface area contributed by atoms with Crippen LogP contribution in [-0.4, -0.2) is 36.4 Å². The van der Waals surface area contributed by atoms with Crippen LogP contribution in [0.25, 0.3) is 0 Å². The van der Waals surface area contributed by atoms with Crippen molar-refractivity contribution < 1.29 is 32.6 Å². The molecule has 1 aromatic carbocycles. The lowest BCUT2D eigenvalue weighted by atomic mass is 9.74. The molecule has 2 rings (SSSR count). The second kappa shape index (κ2) is 5.96. The molecule has 0 bridgehead atoms. The van der Waals surface area contributed by atoms with Gasteiger partial charge in [0.25, 0.3) is 0 Å². The van der Waals surface area contributed by atoms with Crippen molar-refractivity contribution >= 4 is 17.6 Å². The van der Waals surface area contributed by atoms with E-state index < -0.39 is 23.5 Å². The molecular formula is C14H14F3NO4. The van der Waals surface area contributed by atoms with Crippen molar-refractivity contribution in [2.24, 2.45) is 0 Å². The summed E-state index contributed by atoms with van der Waals surface area (Å²) in [7, 11) is 0. The van der Waals surface area contributed by atoms with Crippen molar-refractivity contribution in [2.45, 2.75) is 24.4 Å². The van der Waals surface area contributed by atoms with E-state index in [1.807, 2.05) is 0 Å². The Morgan fingerprint density at radius 2 is 1.68 bits per heavy atom. The first kappa shape index (κ1) is 16.3. The van der Waals surface area contributed by atoms with Crippen molar-refractivity contribution in [1.29, 1.82) is 0 Å². The molecule has 0 spiro atoms. The van der Waals surface area contributed by atoms with Crippen molar-refractivity contribution in [3.63, 3.8) is 0 Å². The molecule has 1 saturated heterocycles. The lowest BCUT2D eigenvalue weighted by molar-refractivity contribution is -0.167. The van der Waals surface area contributed by atoms with Crippen LogP contribution in [0, 0.1) is 0 Å². The minimum absolute atomic E-state index is 0.0429. The summed E-state index contributed by atoms with van der Waals surface area (Å²) in [5.74, 6) is -3.07. The smallest absolute Gasteiger partial charge is 0.471 e. The van der Waals surface area contributed by atoms with E-state index in [1.165, 1.54) is 24.3 Å². The normalized spacial score (nSPS) is 17.8. The van der Waals surface area contributed by atoms with E-state index >= 15 is 0 Å². The zero-order valence-electron chi connectivity index (χ0n) is 11.4. The fourth-order valence-corrected chi connectivity index (χ4v) is 2.42. The maximum absolute atomic E-state index is 12.2. The van der Waals surface area contributed by atoms with E-state index in [2.05, 4.69) is 0 Å². The molecular weight excluding hydrogens is 303 g/mol. The Labute approximate surface area is 124 Å². The maximum Gasteiger partial charge on any atom is 0.471 e. The first-order valence-electron chi connectivity index (χ1n) is 6.55. The highest BCUT2D eigenvalue weighted by molar-refractivity contribution is 5.95. The summed E-state index contributed by atoms with van der Waals surface area (Å²) in [6.07, 6.45) is -4.39. The number of carbonyl (C=O) groups excluding carboxylic acids is 1. The van der Waals surface area contributed by atoms with Gasteiger partial charge in [0, 0.05) is 18.9 Å². The van der Waals surface area contributed by atoms with Crippen molar-refractivity contribution in [1.82, 2.24) is 0 Å². The van der Waals surface area contributed by atoms with E-state index in [1.54, 1.807) is 5.32 Å². The number of aliphatic carboxylic acids is 1. The molecule has 1 heterocycles. The fourth-order valence-electron chi connectivity index (χ4n) is 2.42. The Morgan fingerprint density at radius 3 is 2.14 bits per heavy atom. The van der Waals surface area contributed by atoms with Crippen LogP contribution in [0.1, 0.15) is 18.4 Å². The zero-order chi connectivity index (χ0) is 16.4. The van der Waals surface area contributed by atoms with E-state index in [4.69, 9.17) is 4.74 Å². The molecule has 1 aromatic rings. The first-order valence-corrected chi connectivity index (χ1v) is 6.55. The summed E-state index contributed by atoms with van der Waals surface area (Å²) in [4.78, 5) is 22.4. The lowest BCUT2D eigenvalue weighted by Gasteiger charge is -2.33. The number of carbonyl (C=O) groups is 2. The highest BCUT2D eigenvalue weighted by Gasteiger charge is 2.42. The van der Waals surface area contributed by atoms with Gasteiger partial charge in [-0.2, -0.15) is 13.2 Å². The molecule has 0 atom stereocenters. The van der Waals surface area contributed by atoms with Gasteiger partial charge in [0.15, 0.2) is 0 Å². The van der Waals surface area contributed by atoms with Gasteiger partial charge in [-0.3, -0.25) is 9.59 Å². The van der Waals surface area contributed by atoms with E-state index in [0.29, 0.717) is 18.8 Å². The molecule has 8 heteroatoms. The summed E-state index contributed by atoms with van der Waals surface area (Å²) in [5, 5.41) is 11.2. The maximum atomic E-state index is 12.2. The summed E-state index contributed by atoms with van der Waals surface area (Å²) in [6, 6.07) is 5.37. The van der Waals surface area contributed by atoms with Gasteiger partial charge in [-0.15, -0.1) is 0 Å². The predicted octanol–water partition coefficient (Wildman–Crippen LogP) is 2.32. The molecule has 0 aromatic heterocycles. The molecule has 5 nitrogen and oxygen atoms in total. The van der Waals surface area contributed by atoms with Crippen LogP contribution in [0.2, 0.25) is 0 Å². The Bertz CT molecular complexity index is 562. The summed E-state index contributed by atoms with van der Waals surface area (Å²) < 4.78 is 41.7. The zero-order valence-corrected chi connectivity index (χ0v) is 11.4. The van der Waals surface area contributed by atoms with Crippen molar-refractivity contribution in [3.05, 3.63) is 29.8 Å². The highest BCUT2D eigenvalue weighted by atomic mass is 19.4. The van der Waals surface area contributed by atoms with Crippen LogP contribution in [0.3, 0.4) is 0 Å². The van der Waals surface area contributed by atoms with Crippen molar-refractivity contribution in [3.8, 4) is 0 Å². The molecule has 0 unspecified atom stereocenters. The Kier molecular flexibility index (Phi) is 4.41. The molecule has 1 amide bonds. The van der Waals surface area contributed by atoms with Gasteiger partial charge >= 0.3 is 18.1 Å². The molecule has 22 heavy (non-hydrogen) atoms. The summed E-state index contributed by atoms with van der Waals surface area (Å²) in [6.45, 7) is 0.609. The number of halogens is 3. The molecule has 1 fully saturated rings. The monoisotopic (exact) mass is 317 g/mol. The number of anilines is 1. The number of hydrogen-bond donors (Lipinski definition) is 2. The third-order valence-electron chi connectivity index (χ3n) is 3.71. The average molecular weight is 317 g/mol. The van der Waals surface area contributed by atoms with Gasteiger partial charge < -0.3 is 15.2 Å². The largest absolute Gasteiger partial charge is 0.481 e. The molecule has 0 saturated carbocycles. The first-order chi connectivity index (χ1) is 10.3. The van der Waals surface area contributed by atoms with E-state index in [9.17, 15) is 27.9 Å². The standard InChI is InChI=1S/C14H14F3NO4/c15-14(16,17)11(19)18-10-3-1-9(2-4-10)13(12(20)21)5-7-22-8-6-13/h1-4H,5-8H2,(H,18,19)(H,20,21). The van der Waals surface area contributed by atoms with Crippen LogP contribution in [0.15, 0.2) is 24.3 Å². The highest BCUT2D eigenvalue weighted by Crippen LogP contribution is 2.35. The predicted molar refractivity (Wildman–Crippen MR) is 70.5 cm³/mol. The Balaban J connectivity index is 2.20. The quantitative estimate of drug-likeness (QED) is 0.897. The van der Waals surface area contributed by atoms with E-state index in [-0.39, 0.29) is 18.5 Å². The molecule has 120 valence electrons. The van der Waals surface area contributed by atoms with Gasteiger partial charge in [0.1, 0.15) is 0 Å². The van der Waals surface area contributed by atoms with Gasteiger partial charge in [0.2, 0.25) is 0 Å². The minimum Gasteiger partial charge on any atom is -0.481 e. The van der Waals surface area contributed by atoms with Gasteiger partial charge in [-0.05, 0) is 30.5 Å². The third kappa shape index (κ3) is 3.22. The second-order valence-electron chi connectivity index (χ2n) is 5.03. The van der Waals surface area contributed by atoms with Gasteiger partial charge in [-0.25, -0.2) is 0 Å². The van der Waals surface area contributed by atoms with Gasteiger partial charge in [-0.1, -0.05) is 12.1 Å². The Hall–Kier alpha value is -2.09. The average Bonchev–Trinajstić information content (AvgIpc) is 2.47. The fraction of sp³-hybridized carbons (Fsp3) is 0.429. The molecule has 0 aliphatic carbocycles. The number of carboxylic acid groups (broad SMARTS) is 1. The van der Waals surface area contributed by atoms with Crippen LogP contribution in [0.4, 0.5) is 18.9 Å². The molecule has 0 radical (unpaired) electrons. The van der Waals surface area contributed by atoms with E-state index in [0.717, 1.165) is 0 Å². The number of rotatable bonds is 3. The second-order valence-corrected chi connectivity index (χ2v) is 5.03. The summed E-state index contributed by atoms with van der Waals surface area (Å²) in [5.41, 5.74) is -0.669. The van der Waals surface area contributed by atoms with Crippen molar-refractivity contribution in [2.75, 3.05) is 18.5 Å². The molecule has 2 N–H and O–H groups in total. The number of benzene rings is 1. The number of hydrogen-bond acceptors (Lipinski definition) is 3. The summed E-state index contributed by atoms with van der Waals surface area (Å²) >= 11 is 0. The number of nitrogens with one attached hydrogen (secondary N) is 1. The van der Waals surface area contributed by atoms with Crippen LogP contribution in [0.5, 0.6) is 0 Å². The van der Waals surface area contributed by atoms with Crippen LogP contribution < -0.4 is 5.32 Å². The van der Waals surface area contributed by atoms with Crippen LogP contribution >= 0.6 is 0 Å². The Morgan fingerprint density at radius 1 is 1.14 bits per heavy atom. The topological polar surface area (TPSA) is 75.6 Å². The minimum atomic E-state index is -4.97. The molecule has 1 aliphatic rings.